The van der Waals surface area contributed by atoms with E-state index in [1.807, 2.05) is 6.92 Å². The highest BCUT2D eigenvalue weighted by atomic mass is 19.1. The minimum Gasteiger partial charge on any atom is -0.384 e. The third-order valence-electron chi connectivity index (χ3n) is 3.65. The Morgan fingerprint density at radius 1 is 1.55 bits per heavy atom. The number of nitrogens with one attached hydrogen (secondary N) is 1. The quantitative estimate of drug-likeness (QED) is 0.884. The molecule has 2 unspecified atom stereocenters. The number of piperidine rings is 1. The van der Waals surface area contributed by atoms with Gasteiger partial charge in [-0.1, -0.05) is 0 Å². The van der Waals surface area contributed by atoms with Crippen LogP contribution in [0.5, 0.6) is 0 Å². The zero-order valence-corrected chi connectivity index (χ0v) is 11.9. The van der Waals surface area contributed by atoms with E-state index in [1.54, 1.807) is 6.07 Å². The van der Waals surface area contributed by atoms with Crippen LogP contribution < -0.4 is 10.2 Å². The second-order valence-corrected chi connectivity index (χ2v) is 5.40. The predicted molar refractivity (Wildman–Crippen MR) is 76.2 cm³/mol. The summed E-state index contributed by atoms with van der Waals surface area (Å²) in [5.41, 5.74) is 1.90. The van der Waals surface area contributed by atoms with Gasteiger partial charge < -0.3 is 15.3 Å². The highest BCUT2D eigenvalue weighted by Gasteiger charge is 2.23. The minimum atomic E-state index is -0.988. The molecule has 20 heavy (non-hydrogen) atoms. The van der Waals surface area contributed by atoms with E-state index in [1.165, 1.54) is 19.1 Å². The van der Waals surface area contributed by atoms with Crippen molar-refractivity contribution in [2.45, 2.75) is 38.8 Å². The van der Waals surface area contributed by atoms with Crippen molar-refractivity contribution in [1.82, 2.24) is 5.32 Å². The molecule has 1 aliphatic heterocycles. The van der Waals surface area contributed by atoms with Crippen molar-refractivity contribution >= 4 is 11.6 Å². The Balaban J connectivity index is 2.05. The number of aryl methyl sites for hydroxylation is 1. The van der Waals surface area contributed by atoms with E-state index in [0.29, 0.717) is 6.54 Å². The third-order valence-corrected chi connectivity index (χ3v) is 3.65. The van der Waals surface area contributed by atoms with Crippen LogP contribution in [0.15, 0.2) is 18.2 Å². The van der Waals surface area contributed by atoms with Gasteiger partial charge in [0.2, 0.25) is 5.91 Å². The number of benzene rings is 1. The van der Waals surface area contributed by atoms with Gasteiger partial charge >= 0.3 is 0 Å². The summed E-state index contributed by atoms with van der Waals surface area (Å²) in [6, 6.07) is 4.78. The van der Waals surface area contributed by atoms with Crippen LogP contribution in [0, 0.1) is 12.7 Å². The monoisotopic (exact) mass is 280 g/mol. The van der Waals surface area contributed by atoms with Crippen molar-refractivity contribution in [2.75, 3.05) is 18.0 Å². The highest BCUT2D eigenvalue weighted by molar-refractivity contribution is 5.80. The molecule has 0 radical (unpaired) electrons. The normalized spacial score (nSPS) is 20.6. The molecule has 2 N–H and O–H groups in total. The lowest BCUT2D eigenvalue weighted by atomic mass is 10.0. The molecule has 1 aliphatic rings. The van der Waals surface area contributed by atoms with Crippen LogP contribution in [-0.4, -0.2) is 36.2 Å². The number of hydrogen-bond donors (Lipinski definition) is 2. The summed E-state index contributed by atoms with van der Waals surface area (Å²) in [5, 5.41) is 12.1. The third kappa shape index (κ3) is 3.48. The van der Waals surface area contributed by atoms with Gasteiger partial charge in [-0.25, -0.2) is 4.39 Å². The first-order chi connectivity index (χ1) is 9.47. The molecule has 0 spiro atoms. The Hall–Kier alpha value is -1.62. The van der Waals surface area contributed by atoms with Crippen LogP contribution in [0.3, 0.4) is 0 Å². The van der Waals surface area contributed by atoms with E-state index < -0.39 is 6.10 Å². The summed E-state index contributed by atoms with van der Waals surface area (Å²) in [6.45, 7) is 4.93. The fourth-order valence-corrected chi connectivity index (χ4v) is 2.61. The Bertz CT molecular complexity index is 491. The topological polar surface area (TPSA) is 52.6 Å². The number of carbonyl (C=O) groups excluding carboxylic acids is 1. The second-order valence-electron chi connectivity index (χ2n) is 5.40. The molecule has 4 nitrogen and oxygen atoms in total. The number of carbonyl (C=O) groups is 1. The molecule has 1 aromatic rings. The van der Waals surface area contributed by atoms with Crippen LogP contribution in [0.2, 0.25) is 0 Å². The molecule has 2 rings (SSSR count). The maximum absolute atomic E-state index is 13.1. The van der Waals surface area contributed by atoms with Gasteiger partial charge in [-0.15, -0.1) is 0 Å². The van der Waals surface area contributed by atoms with Crippen molar-refractivity contribution in [3.05, 3.63) is 29.6 Å². The summed E-state index contributed by atoms with van der Waals surface area (Å²) in [4.78, 5) is 13.7. The molecule has 0 saturated carbocycles. The standard InChI is InChI=1S/C15H21FN2O2/c1-10-8-12(16)5-6-14(10)18-7-3-4-13(9-18)17-15(20)11(2)19/h5-6,8,11,13,19H,3-4,7,9H2,1-2H3,(H,17,20). The molecule has 0 aliphatic carbocycles. The lowest BCUT2D eigenvalue weighted by molar-refractivity contribution is -0.129. The average molecular weight is 280 g/mol. The van der Waals surface area contributed by atoms with Crippen LogP contribution in [-0.2, 0) is 4.79 Å². The molecule has 110 valence electrons. The van der Waals surface area contributed by atoms with Crippen molar-refractivity contribution in [1.29, 1.82) is 0 Å². The Kier molecular flexibility index (Phi) is 4.60. The molecule has 1 heterocycles. The lowest BCUT2D eigenvalue weighted by Gasteiger charge is -2.35. The number of aliphatic hydroxyl groups excluding tert-OH is 1. The van der Waals surface area contributed by atoms with Crippen molar-refractivity contribution in [2.24, 2.45) is 0 Å². The first-order valence-corrected chi connectivity index (χ1v) is 6.97. The van der Waals surface area contributed by atoms with Gasteiger partial charge in [-0.05, 0) is 50.5 Å². The molecule has 0 bridgehead atoms. The molecular formula is C15H21FN2O2. The zero-order chi connectivity index (χ0) is 14.7. The first kappa shape index (κ1) is 14.8. The summed E-state index contributed by atoms with van der Waals surface area (Å²) in [6.07, 6.45) is 0.870. The van der Waals surface area contributed by atoms with E-state index in [4.69, 9.17) is 0 Å². The number of anilines is 1. The Labute approximate surface area is 118 Å². The van der Waals surface area contributed by atoms with Gasteiger partial charge in [-0.2, -0.15) is 0 Å². The van der Waals surface area contributed by atoms with Crippen molar-refractivity contribution in [3.63, 3.8) is 0 Å². The summed E-state index contributed by atoms with van der Waals surface area (Å²) < 4.78 is 13.1. The van der Waals surface area contributed by atoms with Crippen LogP contribution in [0.4, 0.5) is 10.1 Å². The molecule has 2 atom stereocenters. The number of aliphatic hydroxyl groups is 1. The smallest absolute Gasteiger partial charge is 0.248 e. The van der Waals surface area contributed by atoms with E-state index in [9.17, 15) is 14.3 Å². The molecule has 0 aromatic heterocycles. The Morgan fingerprint density at radius 3 is 2.95 bits per heavy atom. The van der Waals surface area contributed by atoms with Crippen molar-refractivity contribution in [3.8, 4) is 0 Å². The molecule has 1 saturated heterocycles. The number of amides is 1. The SMILES string of the molecule is Cc1cc(F)ccc1N1CCCC(NC(=O)C(C)O)C1. The highest BCUT2D eigenvalue weighted by Crippen LogP contribution is 2.24. The first-order valence-electron chi connectivity index (χ1n) is 6.97. The molecule has 1 aromatic carbocycles. The van der Waals surface area contributed by atoms with Gasteiger partial charge in [-0.3, -0.25) is 4.79 Å². The largest absolute Gasteiger partial charge is 0.384 e. The van der Waals surface area contributed by atoms with Crippen LogP contribution in [0.25, 0.3) is 0 Å². The van der Waals surface area contributed by atoms with E-state index >= 15 is 0 Å². The maximum Gasteiger partial charge on any atom is 0.248 e. The Morgan fingerprint density at radius 2 is 2.30 bits per heavy atom. The molecule has 5 heteroatoms. The number of halogens is 1. The van der Waals surface area contributed by atoms with Crippen molar-refractivity contribution < 1.29 is 14.3 Å². The summed E-state index contributed by atoms with van der Waals surface area (Å²) >= 11 is 0. The van der Waals surface area contributed by atoms with Gasteiger partial charge in [0.25, 0.3) is 0 Å². The van der Waals surface area contributed by atoms with Gasteiger partial charge in [0.1, 0.15) is 11.9 Å². The fraction of sp³-hybridized carbons (Fsp3) is 0.533. The minimum absolute atomic E-state index is 0.0234. The summed E-state index contributed by atoms with van der Waals surface area (Å²) in [5.74, 6) is -0.574. The number of hydrogen-bond acceptors (Lipinski definition) is 3. The van der Waals surface area contributed by atoms with E-state index in [2.05, 4.69) is 10.2 Å². The number of nitrogens with zero attached hydrogens (tertiary/aromatic N) is 1. The molecule has 1 amide bonds. The van der Waals surface area contributed by atoms with Gasteiger partial charge in [0.15, 0.2) is 0 Å². The number of rotatable bonds is 3. The van der Waals surface area contributed by atoms with E-state index in [0.717, 1.165) is 30.6 Å². The molecule has 1 fully saturated rings. The maximum atomic E-state index is 13.1. The van der Waals surface area contributed by atoms with Crippen LogP contribution in [0.1, 0.15) is 25.3 Å². The zero-order valence-electron chi connectivity index (χ0n) is 11.9. The van der Waals surface area contributed by atoms with Crippen LogP contribution >= 0.6 is 0 Å². The average Bonchev–Trinajstić information content (AvgIpc) is 2.38. The fourth-order valence-electron chi connectivity index (χ4n) is 2.61. The lowest BCUT2D eigenvalue weighted by Crippen LogP contribution is -2.50. The second kappa shape index (κ2) is 6.22. The summed E-state index contributed by atoms with van der Waals surface area (Å²) in [7, 11) is 0. The van der Waals surface area contributed by atoms with E-state index in [-0.39, 0.29) is 17.8 Å². The van der Waals surface area contributed by atoms with Gasteiger partial charge in [0.05, 0.1) is 0 Å². The predicted octanol–water partition coefficient (Wildman–Crippen LogP) is 1.60. The molecular weight excluding hydrogens is 259 g/mol. The van der Waals surface area contributed by atoms with Gasteiger partial charge in [0, 0.05) is 24.8 Å².